The number of amides is 1. The summed E-state index contributed by atoms with van der Waals surface area (Å²) in [4.78, 5) is 16.7. The Balaban J connectivity index is 1.91. The number of benzene rings is 2. The lowest BCUT2D eigenvalue weighted by Gasteiger charge is -2.22. The monoisotopic (exact) mass is 376 g/mol. The summed E-state index contributed by atoms with van der Waals surface area (Å²) in [5, 5.41) is 0. The zero-order chi connectivity index (χ0) is 19.8. The first kappa shape index (κ1) is 18.9. The summed E-state index contributed by atoms with van der Waals surface area (Å²) in [6.07, 6.45) is -4.91. The van der Waals surface area contributed by atoms with E-state index in [-0.39, 0.29) is 12.2 Å². The van der Waals surface area contributed by atoms with E-state index in [9.17, 15) is 18.0 Å². The zero-order valence-corrected chi connectivity index (χ0v) is 15.2. The highest BCUT2D eigenvalue weighted by Gasteiger charge is 2.42. The summed E-state index contributed by atoms with van der Waals surface area (Å²) in [6.45, 7) is 5.58. The second-order valence-corrected chi connectivity index (χ2v) is 6.49. The Kier molecular flexibility index (Phi) is 4.95. The molecule has 0 atom stereocenters. The first-order chi connectivity index (χ1) is 12.7. The molecular weight excluding hydrogens is 357 g/mol. The molecule has 0 radical (unpaired) electrons. The van der Waals surface area contributed by atoms with Crippen LogP contribution in [0.4, 0.5) is 18.9 Å². The summed E-state index contributed by atoms with van der Waals surface area (Å²) in [7, 11) is 0. The molecule has 0 aliphatic rings. The minimum absolute atomic E-state index is 0.0848. The van der Waals surface area contributed by atoms with Crippen molar-refractivity contribution in [2.45, 2.75) is 32.9 Å². The van der Waals surface area contributed by atoms with Crippen LogP contribution in [0.5, 0.6) is 0 Å². The third-order valence-corrected chi connectivity index (χ3v) is 4.31. The third-order valence-electron chi connectivity index (χ3n) is 4.31. The zero-order valence-electron chi connectivity index (χ0n) is 15.2. The fourth-order valence-corrected chi connectivity index (χ4v) is 2.81. The van der Waals surface area contributed by atoms with Crippen molar-refractivity contribution in [3.05, 3.63) is 48.0 Å². The van der Waals surface area contributed by atoms with Crippen LogP contribution in [0.2, 0.25) is 0 Å². The van der Waals surface area contributed by atoms with E-state index >= 15 is 0 Å². The van der Waals surface area contributed by atoms with Crippen LogP contribution in [0.15, 0.2) is 46.9 Å². The first-order valence-corrected chi connectivity index (χ1v) is 8.60. The van der Waals surface area contributed by atoms with Crippen LogP contribution in [-0.4, -0.2) is 23.6 Å². The molecule has 0 aliphatic heterocycles. The van der Waals surface area contributed by atoms with Gasteiger partial charge in [0, 0.05) is 17.8 Å². The number of rotatable bonds is 4. The number of fused-ring (bicyclic) bond motifs is 1. The van der Waals surface area contributed by atoms with Gasteiger partial charge in [-0.05, 0) is 54.8 Å². The molecule has 7 heteroatoms. The van der Waals surface area contributed by atoms with Crippen LogP contribution in [-0.2, 0) is 4.79 Å². The molecule has 0 bridgehead atoms. The van der Waals surface area contributed by atoms with Crippen molar-refractivity contribution in [2.75, 3.05) is 11.4 Å². The average Bonchev–Trinajstić information content (AvgIpc) is 3.05. The van der Waals surface area contributed by atoms with Gasteiger partial charge in [0.1, 0.15) is 5.52 Å². The lowest BCUT2D eigenvalue weighted by atomic mass is 10.0. The van der Waals surface area contributed by atoms with Crippen LogP contribution in [0.25, 0.3) is 22.6 Å². The highest BCUT2D eigenvalue weighted by atomic mass is 19.4. The van der Waals surface area contributed by atoms with E-state index in [1.807, 2.05) is 18.2 Å². The molecule has 1 heterocycles. The number of carbonyl (C=O) groups excluding carboxylic acids is 1. The predicted octanol–water partition coefficient (Wildman–Crippen LogP) is 5.53. The summed E-state index contributed by atoms with van der Waals surface area (Å²) in [6, 6.07) is 11.9. The second kappa shape index (κ2) is 7.06. The Morgan fingerprint density at radius 3 is 2.37 bits per heavy atom. The van der Waals surface area contributed by atoms with E-state index in [1.54, 1.807) is 12.1 Å². The molecule has 4 nitrogen and oxygen atoms in total. The number of hydrogen-bond acceptors (Lipinski definition) is 3. The van der Waals surface area contributed by atoms with Crippen LogP contribution in [0.3, 0.4) is 0 Å². The smallest absolute Gasteiger partial charge is 0.436 e. The average molecular weight is 376 g/mol. The van der Waals surface area contributed by atoms with Crippen molar-refractivity contribution in [3.63, 3.8) is 0 Å². The molecule has 0 aliphatic carbocycles. The maximum absolute atomic E-state index is 12.7. The Labute approximate surface area is 154 Å². The van der Waals surface area contributed by atoms with Crippen LogP contribution in [0, 0.1) is 0 Å². The number of alkyl halides is 3. The van der Waals surface area contributed by atoms with Crippen molar-refractivity contribution in [3.8, 4) is 11.5 Å². The number of hydrogen-bond donors (Lipinski definition) is 0. The van der Waals surface area contributed by atoms with E-state index in [0.717, 1.165) is 11.1 Å². The Morgan fingerprint density at radius 1 is 1.15 bits per heavy atom. The summed E-state index contributed by atoms with van der Waals surface area (Å²) in [5.74, 6) is -1.15. The van der Waals surface area contributed by atoms with Crippen molar-refractivity contribution in [1.29, 1.82) is 0 Å². The maximum atomic E-state index is 12.7. The summed E-state index contributed by atoms with van der Waals surface area (Å²) in [5.41, 5.74) is 3.30. The van der Waals surface area contributed by atoms with Gasteiger partial charge >= 0.3 is 12.1 Å². The van der Waals surface area contributed by atoms with Crippen molar-refractivity contribution in [2.24, 2.45) is 0 Å². The standard InChI is InChI=1S/C20H19F3N2O2/c1-4-25(19(26)20(21,22)23)15-8-5-13(6-9-15)18-24-16-11-14(12(2)3)7-10-17(16)27-18/h5-12H,4H2,1-3H3. The molecule has 0 saturated heterocycles. The molecule has 0 fully saturated rings. The predicted molar refractivity (Wildman–Crippen MR) is 97.6 cm³/mol. The largest absolute Gasteiger partial charge is 0.471 e. The fourth-order valence-electron chi connectivity index (χ4n) is 2.81. The second-order valence-electron chi connectivity index (χ2n) is 6.49. The molecule has 2 aromatic carbocycles. The van der Waals surface area contributed by atoms with E-state index in [4.69, 9.17) is 4.42 Å². The van der Waals surface area contributed by atoms with E-state index in [0.29, 0.717) is 27.9 Å². The van der Waals surface area contributed by atoms with E-state index in [1.165, 1.54) is 19.1 Å². The minimum Gasteiger partial charge on any atom is -0.436 e. The molecule has 1 aromatic heterocycles. The van der Waals surface area contributed by atoms with Gasteiger partial charge in [0.25, 0.3) is 0 Å². The molecule has 1 amide bonds. The van der Waals surface area contributed by atoms with Gasteiger partial charge in [0.15, 0.2) is 5.58 Å². The highest BCUT2D eigenvalue weighted by molar-refractivity contribution is 5.97. The fraction of sp³-hybridized carbons (Fsp3) is 0.300. The highest BCUT2D eigenvalue weighted by Crippen LogP contribution is 2.29. The molecular formula is C20H19F3N2O2. The van der Waals surface area contributed by atoms with Gasteiger partial charge in [0.2, 0.25) is 5.89 Å². The van der Waals surface area contributed by atoms with Gasteiger partial charge in [-0.25, -0.2) is 4.98 Å². The van der Waals surface area contributed by atoms with E-state index in [2.05, 4.69) is 18.8 Å². The molecule has 0 N–H and O–H groups in total. The first-order valence-electron chi connectivity index (χ1n) is 8.60. The van der Waals surface area contributed by atoms with Crippen LogP contribution >= 0.6 is 0 Å². The Bertz CT molecular complexity index is 960. The molecule has 142 valence electrons. The third kappa shape index (κ3) is 3.82. The molecule has 0 spiro atoms. The SMILES string of the molecule is CCN(C(=O)C(F)(F)F)c1ccc(-c2nc3cc(C(C)C)ccc3o2)cc1. The van der Waals surface area contributed by atoms with Gasteiger partial charge in [-0.1, -0.05) is 19.9 Å². The molecule has 27 heavy (non-hydrogen) atoms. The van der Waals surface area contributed by atoms with Gasteiger partial charge in [-0.15, -0.1) is 0 Å². The summed E-state index contributed by atoms with van der Waals surface area (Å²) >= 11 is 0. The Morgan fingerprint density at radius 2 is 1.81 bits per heavy atom. The molecule has 3 aromatic rings. The van der Waals surface area contributed by atoms with E-state index < -0.39 is 12.1 Å². The molecule has 0 saturated carbocycles. The van der Waals surface area contributed by atoms with Crippen molar-refractivity contribution >= 4 is 22.7 Å². The van der Waals surface area contributed by atoms with Crippen molar-refractivity contribution < 1.29 is 22.4 Å². The van der Waals surface area contributed by atoms with Gasteiger partial charge in [-0.3, -0.25) is 4.79 Å². The molecule has 0 unspecified atom stereocenters. The van der Waals surface area contributed by atoms with Crippen LogP contribution in [0.1, 0.15) is 32.3 Å². The number of carbonyl (C=O) groups is 1. The van der Waals surface area contributed by atoms with Gasteiger partial charge in [0.05, 0.1) is 0 Å². The lowest BCUT2D eigenvalue weighted by molar-refractivity contribution is -0.170. The quantitative estimate of drug-likeness (QED) is 0.601. The number of nitrogens with zero attached hydrogens (tertiary/aromatic N) is 2. The van der Waals surface area contributed by atoms with Gasteiger partial charge < -0.3 is 9.32 Å². The lowest BCUT2D eigenvalue weighted by Crippen LogP contribution is -2.41. The number of aromatic nitrogens is 1. The topological polar surface area (TPSA) is 46.3 Å². The molecule has 3 rings (SSSR count). The Hall–Kier alpha value is -2.83. The summed E-state index contributed by atoms with van der Waals surface area (Å²) < 4.78 is 43.9. The van der Waals surface area contributed by atoms with Crippen molar-refractivity contribution in [1.82, 2.24) is 4.98 Å². The number of oxazole rings is 1. The van der Waals surface area contributed by atoms with Crippen LogP contribution < -0.4 is 4.90 Å². The number of halogens is 3. The maximum Gasteiger partial charge on any atom is 0.471 e. The van der Waals surface area contributed by atoms with Gasteiger partial charge in [-0.2, -0.15) is 13.2 Å². The minimum atomic E-state index is -4.91. The normalized spacial score (nSPS) is 12.0. The number of anilines is 1.